The van der Waals surface area contributed by atoms with Gasteiger partial charge >= 0.3 is 0 Å². The lowest BCUT2D eigenvalue weighted by atomic mass is 10.0. The minimum absolute atomic E-state index is 0.0617. The van der Waals surface area contributed by atoms with Gasteiger partial charge in [-0.2, -0.15) is 0 Å². The summed E-state index contributed by atoms with van der Waals surface area (Å²) in [4.78, 5) is 14.8. The van der Waals surface area contributed by atoms with E-state index in [0.29, 0.717) is 17.2 Å². The molecule has 112 valence electrons. The first kappa shape index (κ1) is 15.6. The van der Waals surface area contributed by atoms with E-state index in [1.807, 2.05) is 36.9 Å². The largest absolute Gasteiger partial charge is 0.384 e. The fraction of sp³-hybridized carbons (Fsp3) is 0.500. The number of amides is 1. The average Bonchev–Trinajstić information content (AvgIpc) is 3.00. The third-order valence-electron chi connectivity index (χ3n) is 4.07. The van der Waals surface area contributed by atoms with Gasteiger partial charge in [-0.1, -0.05) is 30.7 Å². The van der Waals surface area contributed by atoms with Crippen molar-refractivity contribution < 1.29 is 9.90 Å². The van der Waals surface area contributed by atoms with Crippen LogP contribution >= 0.6 is 0 Å². The highest BCUT2D eigenvalue weighted by Gasteiger charge is 2.27. The minimum Gasteiger partial charge on any atom is -0.384 e. The van der Waals surface area contributed by atoms with Crippen LogP contribution in [0.5, 0.6) is 0 Å². The van der Waals surface area contributed by atoms with Crippen molar-refractivity contribution >= 4 is 5.91 Å². The predicted molar refractivity (Wildman–Crippen MR) is 84.1 cm³/mol. The van der Waals surface area contributed by atoms with Gasteiger partial charge in [0, 0.05) is 18.2 Å². The molecular weight excluding hydrogens is 262 g/mol. The molecule has 1 amide bonds. The molecule has 0 radical (unpaired) electrons. The van der Waals surface area contributed by atoms with Crippen molar-refractivity contribution in [3.63, 3.8) is 0 Å². The molecule has 0 heterocycles. The van der Waals surface area contributed by atoms with Crippen LogP contribution in [-0.4, -0.2) is 35.1 Å². The van der Waals surface area contributed by atoms with Crippen LogP contribution in [0.2, 0.25) is 0 Å². The molecule has 1 aliphatic rings. The van der Waals surface area contributed by atoms with Gasteiger partial charge in [0.15, 0.2) is 0 Å². The van der Waals surface area contributed by atoms with Crippen LogP contribution in [0.4, 0.5) is 0 Å². The van der Waals surface area contributed by atoms with Crippen LogP contribution < -0.4 is 0 Å². The number of benzene rings is 1. The van der Waals surface area contributed by atoms with E-state index < -0.39 is 0 Å². The summed E-state index contributed by atoms with van der Waals surface area (Å²) in [5.74, 6) is 5.62. The van der Waals surface area contributed by atoms with E-state index in [1.54, 1.807) is 0 Å². The van der Waals surface area contributed by atoms with Gasteiger partial charge in [0.1, 0.15) is 6.61 Å². The van der Waals surface area contributed by atoms with Crippen molar-refractivity contribution in [3.05, 3.63) is 34.9 Å². The zero-order valence-electron chi connectivity index (χ0n) is 12.9. The lowest BCUT2D eigenvalue weighted by molar-refractivity contribution is 0.0693. The Bertz CT molecular complexity index is 562. The molecule has 1 aliphatic carbocycles. The molecule has 3 nitrogen and oxygen atoms in total. The maximum Gasteiger partial charge on any atom is 0.255 e. The number of carbonyl (C=O) groups excluding carboxylic acids is 1. The molecule has 0 bridgehead atoms. The highest BCUT2D eigenvalue weighted by molar-refractivity contribution is 5.97. The fourth-order valence-corrected chi connectivity index (χ4v) is 3.02. The van der Waals surface area contributed by atoms with Gasteiger partial charge in [-0.05, 0) is 44.4 Å². The first-order valence-corrected chi connectivity index (χ1v) is 7.68. The number of hydrogen-bond donors (Lipinski definition) is 1. The van der Waals surface area contributed by atoms with Gasteiger partial charge in [-0.3, -0.25) is 4.79 Å². The standard InChI is InChI=1S/C18H23NO2/c1-3-19(16-8-4-5-9-16)18(21)17-11-10-14(2)13-15(17)7-6-12-20/h10-11,13,16,20H,3-5,8-9,12H2,1-2H3. The maximum absolute atomic E-state index is 12.9. The number of nitrogens with zero attached hydrogens (tertiary/aromatic N) is 1. The van der Waals surface area contributed by atoms with Crippen LogP contribution in [0, 0.1) is 18.8 Å². The Morgan fingerprint density at radius 3 is 2.71 bits per heavy atom. The van der Waals surface area contributed by atoms with Gasteiger partial charge in [0.25, 0.3) is 5.91 Å². The Labute approximate surface area is 127 Å². The molecule has 0 unspecified atom stereocenters. The predicted octanol–water partition coefficient (Wildman–Crippen LogP) is 2.74. The molecule has 0 aliphatic heterocycles. The second kappa shape index (κ2) is 7.28. The molecule has 0 aromatic heterocycles. The molecule has 2 rings (SSSR count). The van der Waals surface area contributed by atoms with Gasteiger partial charge < -0.3 is 10.0 Å². The second-order valence-electron chi connectivity index (χ2n) is 5.54. The minimum atomic E-state index is -0.193. The smallest absolute Gasteiger partial charge is 0.255 e. The Kier molecular flexibility index (Phi) is 5.41. The van der Waals surface area contributed by atoms with E-state index in [1.165, 1.54) is 12.8 Å². The summed E-state index contributed by atoms with van der Waals surface area (Å²) < 4.78 is 0. The van der Waals surface area contributed by atoms with Crippen LogP contribution in [0.25, 0.3) is 0 Å². The van der Waals surface area contributed by atoms with Crippen molar-refractivity contribution in [3.8, 4) is 11.8 Å². The maximum atomic E-state index is 12.9. The first-order valence-electron chi connectivity index (χ1n) is 7.68. The molecule has 0 atom stereocenters. The molecule has 1 saturated carbocycles. The van der Waals surface area contributed by atoms with Crippen LogP contribution in [0.3, 0.4) is 0 Å². The zero-order valence-corrected chi connectivity index (χ0v) is 12.9. The Balaban J connectivity index is 2.32. The van der Waals surface area contributed by atoms with E-state index >= 15 is 0 Å². The van der Waals surface area contributed by atoms with Gasteiger partial charge in [-0.15, -0.1) is 0 Å². The van der Waals surface area contributed by atoms with E-state index in [0.717, 1.165) is 24.9 Å². The number of aryl methyl sites for hydroxylation is 1. The Morgan fingerprint density at radius 2 is 2.10 bits per heavy atom. The number of aliphatic hydroxyl groups excluding tert-OH is 1. The van der Waals surface area contributed by atoms with E-state index in [-0.39, 0.29) is 12.5 Å². The molecule has 1 aromatic rings. The summed E-state index contributed by atoms with van der Waals surface area (Å²) in [6, 6.07) is 6.08. The van der Waals surface area contributed by atoms with E-state index in [9.17, 15) is 4.79 Å². The van der Waals surface area contributed by atoms with Gasteiger partial charge in [0.05, 0.1) is 5.56 Å². The van der Waals surface area contributed by atoms with Crippen LogP contribution in [0.1, 0.15) is 54.1 Å². The fourth-order valence-electron chi connectivity index (χ4n) is 3.02. The SMILES string of the molecule is CCN(C(=O)c1ccc(C)cc1C#CCO)C1CCCC1. The molecule has 3 heteroatoms. The lowest BCUT2D eigenvalue weighted by Gasteiger charge is -2.28. The molecular formula is C18H23NO2. The Hall–Kier alpha value is -1.79. The summed E-state index contributed by atoms with van der Waals surface area (Å²) >= 11 is 0. The summed E-state index contributed by atoms with van der Waals surface area (Å²) in [6.07, 6.45) is 4.62. The van der Waals surface area contributed by atoms with E-state index in [2.05, 4.69) is 11.8 Å². The van der Waals surface area contributed by atoms with Crippen molar-refractivity contribution in [1.29, 1.82) is 0 Å². The summed E-state index contributed by atoms with van der Waals surface area (Å²) in [7, 11) is 0. The van der Waals surface area contributed by atoms with Gasteiger partial charge in [-0.25, -0.2) is 0 Å². The van der Waals surface area contributed by atoms with Crippen LogP contribution in [-0.2, 0) is 0 Å². The molecule has 0 spiro atoms. The highest BCUT2D eigenvalue weighted by Crippen LogP contribution is 2.25. The average molecular weight is 285 g/mol. The monoisotopic (exact) mass is 285 g/mol. The summed E-state index contributed by atoms with van der Waals surface area (Å²) in [6.45, 7) is 4.54. The second-order valence-corrected chi connectivity index (χ2v) is 5.54. The van der Waals surface area contributed by atoms with E-state index in [4.69, 9.17) is 5.11 Å². The molecule has 21 heavy (non-hydrogen) atoms. The molecule has 1 fully saturated rings. The zero-order chi connectivity index (χ0) is 15.2. The number of rotatable bonds is 3. The summed E-state index contributed by atoms with van der Waals surface area (Å²) in [5, 5.41) is 8.89. The number of aliphatic hydroxyl groups is 1. The molecule has 1 aromatic carbocycles. The van der Waals surface area contributed by atoms with Crippen molar-refractivity contribution in [1.82, 2.24) is 4.90 Å². The first-order chi connectivity index (χ1) is 10.2. The third kappa shape index (κ3) is 3.65. The number of carbonyl (C=O) groups is 1. The van der Waals surface area contributed by atoms with Crippen molar-refractivity contribution in [2.24, 2.45) is 0 Å². The molecule has 0 saturated heterocycles. The molecule has 1 N–H and O–H groups in total. The lowest BCUT2D eigenvalue weighted by Crippen LogP contribution is -2.39. The van der Waals surface area contributed by atoms with Crippen molar-refractivity contribution in [2.45, 2.75) is 45.6 Å². The quantitative estimate of drug-likeness (QED) is 0.868. The van der Waals surface area contributed by atoms with Gasteiger partial charge in [0.2, 0.25) is 0 Å². The van der Waals surface area contributed by atoms with Crippen molar-refractivity contribution in [2.75, 3.05) is 13.2 Å². The highest BCUT2D eigenvalue weighted by atomic mass is 16.2. The Morgan fingerprint density at radius 1 is 1.38 bits per heavy atom. The number of hydrogen-bond acceptors (Lipinski definition) is 2. The normalized spacial score (nSPS) is 14.6. The third-order valence-corrected chi connectivity index (χ3v) is 4.07. The summed E-state index contributed by atoms with van der Waals surface area (Å²) in [5.41, 5.74) is 2.43. The van der Waals surface area contributed by atoms with Crippen LogP contribution in [0.15, 0.2) is 18.2 Å². The topological polar surface area (TPSA) is 40.5 Å².